The average molecular weight is 642 g/mol. The van der Waals surface area contributed by atoms with Crippen molar-refractivity contribution >= 4 is 46.5 Å². The molecule has 1 aliphatic heterocycles. The van der Waals surface area contributed by atoms with Gasteiger partial charge in [0.2, 0.25) is 5.82 Å². The van der Waals surface area contributed by atoms with Gasteiger partial charge in [-0.1, -0.05) is 53.8 Å². The number of hydrogen-bond acceptors (Lipinski definition) is 9. The fraction of sp³-hybridized carbons (Fsp3) is 0.121. The Balaban J connectivity index is 1.53. The van der Waals surface area contributed by atoms with Crippen molar-refractivity contribution in [3.8, 4) is 11.3 Å². The molecule has 0 N–H and O–H groups in total. The molecule has 1 aliphatic rings. The predicted octanol–water partition coefficient (Wildman–Crippen LogP) is 5.96. The second-order valence-electron chi connectivity index (χ2n) is 9.83. The third-order valence-electron chi connectivity index (χ3n) is 7.13. The molecular weight excluding hydrogens is 618 g/mol. The third-order valence-corrected chi connectivity index (χ3v) is 8.86. The number of ether oxygens (including phenoxy) is 1. The Hall–Kier alpha value is -5.07. The van der Waals surface area contributed by atoms with Gasteiger partial charge in [0.15, 0.2) is 4.80 Å². The molecule has 0 radical (unpaired) electrons. The molecule has 3 aromatic carbocycles. The lowest BCUT2D eigenvalue weighted by Crippen LogP contribution is -2.40. The van der Waals surface area contributed by atoms with Gasteiger partial charge >= 0.3 is 11.7 Å². The zero-order valence-electron chi connectivity index (χ0n) is 23.9. The number of aromatic nitrogens is 1. The number of furan rings is 1. The Labute approximate surface area is 263 Å². The number of esters is 1. The van der Waals surface area contributed by atoms with E-state index in [4.69, 9.17) is 14.1 Å². The molecule has 0 bridgehead atoms. The van der Waals surface area contributed by atoms with Crippen LogP contribution in [0.15, 0.2) is 110 Å². The van der Waals surface area contributed by atoms with Crippen molar-refractivity contribution < 1.29 is 23.3 Å². The average Bonchev–Trinajstić information content (AvgIpc) is 3.65. The van der Waals surface area contributed by atoms with Gasteiger partial charge < -0.3 is 9.15 Å². The normalized spacial score (nSPS) is 14.6. The van der Waals surface area contributed by atoms with Gasteiger partial charge in [0.1, 0.15) is 11.5 Å². The van der Waals surface area contributed by atoms with Gasteiger partial charge in [-0.05, 0) is 55.1 Å². The van der Waals surface area contributed by atoms with E-state index in [-0.39, 0.29) is 23.5 Å². The molecule has 3 heterocycles. The molecule has 0 fully saturated rings. The topological polar surface area (TPSA) is 117 Å². The maximum atomic E-state index is 14.1. The van der Waals surface area contributed by atoms with Crippen LogP contribution in [0, 0.1) is 15.9 Å². The van der Waals surface area contributed by atoms with Crippen LogP contribution >= 0.6 is 23.1 Å². The number of nitrogens with zero attached hydrogens (tertiary/aromatic N) is 3. The predicted molar refractivity (Wildman–Crippen MR) is 170 cm³/mol. The molecule has 0 unspecified atom stereocenters. The molecule has 0 saturated carbocycles. The number of thiazole rings is 1. The third kappa shape index (κ3) is 5.77. The van der Waals surface area contributed by atoms with Gasteiger partial charge in [-0.3, -0.25) is 19.5 Å². The van der Waals surface area contributed by atoms with Crippen molar-refractivity contribution in [3.05, 3.63) is 143 Å². The van der Waals surface area contributed by atoms with Gasteiger partial charge in [-0.2, -0.15) is 4.39 Å². The maximum absolute atomic E-state index is 14.1. The van der Waals surface area contributed by atoms with Crippen molar-refractivity contribution in [3.63, 3.8) is 0 Å². The van der Waals surface area contributed by atoms with Gasteiger partial charge in [0.25, 0.3) is 5.56 Å². The van der Waals surface area contributed by atoms with Crippen molar-refractivity contribution in [2.24, 2.45) is 4.99 Å². The van der Waals surface area contributed by atoms with E-state index in [2.05, 4.69) is 0 Å². The summed E-state index contributed by atoms with van der Waals surface area (Å²) in [6, 6.07) is 22.8. The van der Waals surface area contributed by atoms with Crippen molar-refractivity contribution in [1.29, 1.82) is 0 Å². The van der Waals surface area contributed by atoms with E-state index in [0.29, 0.717) is 37.5 Å². The first-order valence-corrected chi connectivity index (χ1v) is 15.8. The number of thioether (sulfide) groups is 1. The lowest BCUT2D eigenvalue weighted by molar-refractivity contribution is -0.387. The summed E-state index contributed by atoms with van der Waals surface area (Å²) in [5.74, 6) is -0.959. The minimum atomic E-state index is -0.952. The SMILES string of the molecule is CCOC(=O)C1=C(c2ccccc2)N=c2s/c(=C\c3ccc(-c4ccc(F)c([N+](=O)[O-])c4)o3)c(=O)n2[C@@H]1c1ccc(SC)cc1. The summed E-state index contributed by atoms with van der Waals surface area (Å²) in [7, 11) is 0. The minimum absolute atomic E-state index is 0.144. The van der Waals surface area contributed by atoms with Crippen molar-refractivity contribution in [2.45, 2.75) is 17.9 Å². The first-order valence-electron chi connectivity index (χ1n) is 13.8. The van der Waals surface area contributed by atoms with Crippen LogP contribution in [0.25, 0.3) is 23.1 Å². The smallest absolute Gasteiger partial charge is 0.338 e. The monoisotopic (exact) mass is 641 g/mol. The summed E-state index contributed by atoms with van der Waals surface area (Å²) in [4.78, 5) is 44.3. The largest absolute Gasteiger partial charge is 0.463 e. The number of benzene rings is 3. The second kappa shape index (κ2) is 12.5. The molecule has 5 aromatic rings. The number of fused-ring (bicyclic) bond motifs is 1. The maximum Gasteiger partial charge on any atom is 0.338 e. The molecule has 9 nitrogen and oxygen atoms in total. The van der Waals surface area contributed by atoms with E-state index in [1.54, 1.807) is 36.9 Å². The first-order chi connectivity index (χ1) is 21.8. The zero-order valence-corrected chi connectivity index (χ0v) is 25.6. The summed E-state index contributed by atoms with van der Waals surface area (Å²) in [6.07, 6.45) is 3.52. The molecule has 0 spiro atoms. The Morgan fingerprint density at radius 1 is 1.11 bits per heavy atom. The molecule has 12 heteroatoms. The van der Waals surface area contributed by atoms with Crippen LogP contribution in [0.3, 0.4) is 0 Å². The van der Waals surface area contributed by atoms with E-state index in [1.807, 2.05) is 60.9 Å². The highest BCUT2D eigenvalue weighted by molar-refractivity contribution is 7.98. The number of nitro groups is 1. The summed E-state index contributed by atoms with van der Waals surface area (Å²) < 4.78 is 27.1. The van der Waals surface area contributed by atoms with Gasteiger partial charge in [0, 0.05) is 28.2 Å². The molecule has 2 aromatic heterocycles. The summed E-state index contributed by atoms with van der Waals surface area (Å²) in [5.41, 5.74) is 1.33. The van der Waals surface area contributed by atoms with E-state index in [0.717, 1.165) is 28.4 Å². The van der Waals surface area contributed by atoms with Gasteiger partial charge in [0.05, 0.1) is 33.4 Å². The van der Waals surface area contributed by atoms with E-state index in [9.17, 15) is 24.1 Å². The molecule has 0 amide bonds. The number of carbonyl (C=O) groups excluding carboxylic acids is 1. The number of hydrogen-bond donors (Lipinski definition) is 0. The fourth-order valence-electron chi connectivity index (χ4n) is 5.06. The van der Waals surface area contributed by atoms with Crippen LogP contribution in [0.4, 0.5) is 10.1 Å². The highest BCUT2D eigenvalue weighted by atomic mass is 32.2. The van der Waals surface area contributed by atoms with Gasteiger partial charge in [-0.25, -0.2) is 9.79 Å². The molecule has 1 atom stereocenters. The number of nitro benzene ring substituents is 1. The van der Waals surface area contributed by atoms with Crippen molar-refractivity contribution in [1.82, 2.24) is 4.57 Å². The van der Waals surface area contributed by atoms with Crippen LogP contribution in [0.2, 0.25) is 0 Å². The fourth-order valence-corrected chi connectivity index (χ4v) is 6.45. The van der Waals surface area contributed by atoms with Crippen LogP contribution in [-0.4, -0.2) is 28.3 Å². The van der Waals surface area contributed by atoms with Crippen molar-refractivity contribution in [2.75, 3.05) is 12.9 Å². The molecule has 45 heavy (non-hydrogen) atoms. The molecular formula is C33H24FN3O6S2. The van der Waals surface area contributed by atoms with Crippen LogP contribution < -0.4 is 14.9 Å². The van der Waals surface area contributed by atoms with Crippen LogP contribution in [0.1, 0.15) is 29.9 Å². The number of carbonyl (C=O) groups is 1. The first kappa shape index (κ1) is 30.0. The van der Waals surface area contributed by atoms with E-state index < -0.39 is 28.4 Å². The Morgan fingerprint density at radius 2 is 1.87 bits per heavy atom. The summed E-state index contributed by atoms with van der Waals surface area (Å²) in [6.45, 7) is 1.87. The van der Waals surface area contributed by atoms with E-state index >= 15 is 0 Å². The van der Waals surface area contributed by atoms with Gasteiger partial charge in [-0.15, -0.1) is 11.8 Å². The summed E-state index contributed by atoms with van der Waals surface area (Å²) in [5, 5.41) is 11.2. The number of halogens is 1. The van der Waals surface area contributed by atoms with Crippen LogP contribution in [0.5, 0.6) is 0 Å². The minimum Gasteiger partial charge on any atom is -0.463 e. The van der Waals surface area contributed by atoms with Crippen LogP contribution in [-0.2, 0) is 9.53 Å². The van der Waals surface area contributed by atoms with E-state index in [1.165, 1.54) is 10.6 Å². The quantitative estimate of drug-likeness (QED) is 0.0888. The highest BCUT2D eigenvalue weighted by Crippen LogP contribution is 2.36. The molecule has 0 saturated heterocycles. The second-order valence-corrected chi connectivity index (χ2v) is 11.7. The highest BCUT2D eigenvalue weighted by Gasteiger charge is 2.35. The standard InChI is InChI=1S/C33H24FN3O6S2/c1-3-42-32(39)28-29(19-7-5-4-6-8-19)35-33-36(30(28)20-9-13-23(44-2)14-10-20)31(38)27(45-33)18-22-12-16-26(43-22)21-11-15-24(34)25(17-21)37(40)41/h4-18,30H,3H2,1-2H3/b27-18-/t30-/m1/s1. The Morgan fingerprint density at radius 3 is 2.56 bits per heavy atom. The lowest BCUT2D eigenvalue weighted by atomic mass is 9.93. The molecule has 0 aliphatic carbocycles. The summed E-state index contributed by atoms with van der Waals surface area (Å²) >= 11 is 2.72. The number of rotatable bonds is 8. The molecule has 6 rings (SSSR count). The molecule has 226 valence electrons. The Kier molecular flexibility index (Phi) is 8.33. The zero-order chi connectivity index (χ0) is 31.7. The lowest BCUT2D eigenvalue weighted by Gasteiger charge is -2.26. The Bertz CT molecular complexity index is 2150.